The summed E-state index contributed by atoms with van der Waals surface area (Å²) in [6, 6.07) is 4.99. The van der Waals surface area contributed by atoms with Gasteiger partial charge in [-0.1, -0.05) is 12.1 Å². The Morgan fingerprint density at radius 1 is 1.36 bits per heavy atom. The monoisotopic (exact) mass is 461 g/mol. The minimum absolute atomic E-state index is 0.0938. The zero-order valence-corrected chi connectivity index (χ0v) is 18.9. The van der Waals surface area contributed by atoms with Crippen LogP contribution in [0.5, 0.6) is 0 Å². The van der Waals surface area contributed by atoms with Crippen LogP contribution < -0.4 is 0 Å². The first-order chi connectivity index (χ1) is 15.5. The van der Waals surface area contributed by atoms with E-state index in [2.05, 4.69) is 6.58 Å². The largest absolute Gasteiger partial charge is 0.466 e. The van der Waals surface area contributed by atoms with Crippen molar-refractivity contribution in [3.8, 4) is 0 Å². The molecule has 1 aliphatic heterocycles. The smallest absolute Gasteiger partial charge is 0.339 e. The van der Waals surface area contributed by atoms with Crippen molar-refractivity contribution in [2.45, 2.75) is 44.7 Å². The highest BCUT2D eigenvalue weighted by Gasteiger charge is 2.60. The van der Waals surface area contributed by atoms with Crippen LogP contribution in [0.4, 0.5) is 5.69 Å². The quantitative estimate of drug-likeness (QED) is 0.136. The fraction of sp³-hybridized carbons (Fsp3) is 0.435. The number of ether oxygens (including phenoxy) is 4. The summed E-state index contributed by atoms with van der Waals surface area (Å²) in [4.78, 5) is 47.6. The molecule has 10 heteroatoms. The van der Waals surface area contributed by atoms with Crippen LogP contribution in [-0.2, 0) is 28.5 Å². The zero-order chi connectivity index (χ0) is 24.8. The predicted molar refractivity (Wildman–Crippen MR) is 116 cm³/mol. The number of benzene rings is 1. The number of methoxy groups -OCH3 is 2. The van der Waals surface area contributed by atoms with Gasteiger partial charge in [-0.15, -0.1) is 6.58 Å². The number of nitro benzene ring substituents is 1. The molecule has 2 rings (SSSR count). The lowest BCUT2D eigenvalue weighted by molar-refractivity contribution is -0.384. The standard InChI is InChI=1S/C23H27NO9/c1-6-8-18-12-16(13-19(26)30-4)20(23(31-5,33-18)22(2,3)14-25)32-21(27)15-9-7-10-17(11-15)24(28)29/h6-7,9-11,13-14,18,20H,1,8,12H2,2-5H3/b16-13+/t18-,20+,23-/m1/s1. The van der Waals surface area contributed by atoms with Gasteiger partial charge in [0.15, 0.2) is 6.10 Å². The number of carbonyl (C=O) groups is 3. The molecule has 0 unspecified atom stereocenters. The van der Waals surface area contributed by atoms with Crippen LogP contribution in [0.15, 0.2) is 48.6 Å². The van der Waals surface area contributed by atoms with Crippen molar-refractivity contribution in [1.82, 2.24) is 0 Å². The number of nitrogens with zero attached hydrogens (tertiary/aromatic N) is 1. The Balaban J connectivity index is 2.62. The fourth-order valence-electron chi connectivity index (χ4n) is 3.69. The molecule has 1 aromatic carbocycles. The van der Waals surface area contributed by atoms with E-state index in [1.807, 2.05) is 0 Å². The second-order valence-corrected chi connectivity index (χ2v) is 8.01. The predicted octanol–water partition coefficient (Wildman–Crippen LogP) is 3.15. The van der Waals surface area contributed by atoms with Crippen LogP contribution in [0.1, 0.15) is 37.0 Å². The van der Waals surface area contributed by atoms with Crippen LogP contribution >= 0.6 is 0 Å². The maximum Gasteiger partial charge on any atom is 0.339 e. The van der Waals surface area contributed by atoms with E-state index in [0.29, 0.717) is 18.3 Å². The highest BCUT2D eigenvalue weighted by atomic mass is 16.7. The van der Waals surface area contributed by atoms with Crippen LogP contribution in [0.25, 0.3) is 0 Å². The molecular formula is C23H27NO9. The average Bonchev–Trinajstić information content (AvgIpc) is 2.80. The zero-order valence-electron chi connectivity index (χ0n) is 18.9. The van der Waals surface area contributed by atoms with Gasteiger partial charge in [0, 0.05) is 25.3 Å². The van der Waals surface area contributed by atoms with Crippen molar-refractivity contribution in [2.75, 3.05) is 14.2 Å². The lowest BCUT2D eigenvalue weighted by Gasteiger charge is -2.51. The van der Waals surface area contributed by atoms with Gasteiger partial charge < -0.3 is 23.7 Å². The number of aldehydes is 1. The Morgan fingerprint density at radius 3 is 2.61 bits per heavy atom. The summed E-state index contributed by atoms with van der Waals surface area (Å²) in [5.41, 5.74) is -1.43. The number of esters is 2. The maximum absolute atomic E-state index is 13.0. The van der Waals surface area contributed by atoms with E-state index in [1.165, 1.54) is 38.5 Å². The van der Waals surface area contributed by atoms with Gasteiger partial charge in [-0.25, -0.2) is 9.59 Å². The van der Waals surface area contributed by atoms with E-state index in [4.69, 9.17) is 18.9 Å². The number of non-ortho nitro benzene ring substituents is 1. The number of rotatable bonds is 9. The Hall–Kier alpha value is -3.37. The third-order valence-corrected chi connectivity index (χ3v) is 5.43. The lowest BCUT2D eigenvalue weighted by Crippen LogP contribution is -2.63. The second-order valence-electron chi connectivity index (χ2n) is 8.01. The van der Waals surface area contributed by atoms with Gasteiger partial charge in [-0.05, 0) is 38.3 Å². The molecule has 0 radical (unpaired) electrons. The molecule has 0 aliphatic carbocycles. The molecular weight excluding hydrogens is 434 g/mol. The number of hydrogen-bond donors (Lipinski definition) is 0. The van der Waals surface area contributed by atoms with Crippen LogP contribution in [-0.4, -0.2) is 55.4 Å². The van der Waals surface area contributed by atoms with Gasteiger partial charge in [-0.3, -0.25) is 10.1 Å². The van der Waals surface area contributed by atoms with Crippen molar-refractivity contribution >= 4 is 23.9 Å². The first-order valence-electron chi connectivity index (χ1n) is 10.1. The Labute approximate surface area is 191 Å². The number of nitro groups is 1. The van der Waals surface area contributed by atoms with Crippen molar-refractivity contribution < 1.29 is 38.3 Å². The molecule has 1 saturated heterocycles. The molecule has 0 bridgehead atoms. The fourth-order valence-corrected chi connectivity index (χ4v) is 3.69. The number of carbonyl (C=O) groups excluding carboxylic acids is 3. The molecule has 1 fully saturated rings. The van der Waals surface area contributed by atoms with E-state index in [9.17, 15) is 24.5 Å². The molecule has 10 nitrogen and oxygen atoms in total. The molecule has 0 amide bonds. The average molecular weight is 461 g/mol. The number of hydrogen-bond acceptors (Lipinski definition) is 9. The molecule has 0 aromatic heterocycles. The molecule has 0 saturated carbocycles. The molecule has 178 valence electrons. The molecule has 1 heterocycles. The third kappa shape index (κ3) is 5.35. The summed E-state index contributed by atoms with van der Waals surface area (Å²) in [5, 5.41) is 11.1. The summed E-state index contributed by atoms with van der Waals surface area (Å²) < 4.78 is 22.3. The summed E-state index contributed by atoms with van der Waals surface area (Å²) in [6.45, 7) is 6.79. The van der Waals surface area contributed by atoms with Gasteiger partial charge in [0.05, 0.1) is 29.1 Å². The van der Waals surface area contributed by atoms with E-state index in [-0.39, 0.29) is 17.7 Å². The van der Waals surface area contributed by atoms with Crippen LogP contribution in [0.3, 0.4) is 0 Å². The molecule has 3 atom stereocenters. The lowest BCUT2D eigenvalue weighted by atomic mass is 9.75. The second kappa shape index (κ2) is 10.5. The topological polar surface area (TPSA) is 131 Å². The summed E-state index contributed by atoms with van der Waals surface area (Å²) in [7, 11) is 2.49. The first-order valence-corrected chi connectivity index (χ1v) is 10.1. The third-order valence-electron chi connectivity index (χ3n) is 5.43. The van der Waals surface area contributed by atoms with E-state index in [1.54, 1.807) is 19.9 Å². The van der Waals surface area contributed by atoms with Crippen molar-refractivity contribution in [3.05, 3.63) is 64.2 Å². The van der Waals surface area contributed by atoms with Gasteiger partial charge in [0.25, 0.3) is 5.69 Å². The highest BCUT2D eigenvalue weighted by molar-refractivity contribution is 5.90. The maximum atomic E-state index is 13.0. The minimum Gasteiger partial charge on any atom is -0.466 e. The highest BCUT2D eigenvalue weighted by Crippen LogP contribution is 2.46. The van der Waals surface area contributed by atoms with Crippen molar-refractivity contribution in [3.63, 3.8) is 0 Å². The first kappa shape index (κ1) is 25.9. The molecule has 0 spiro atoms. The Morgan fingerprint density at radius 2 is 2.06 bits per heavy atom. The molecule has 0 N–H and O–H groups in total. The Bertz CT molecular complexity index is 968. The van der Waals surface area contributed by atoms with E-state index < -0.39 is 40.3 Å². The minimum atomic E-state index is -1.81. The SMILES string of the molecule is C=CC[C@@H]1C/C(=C\C(=O)OC)[C@H](OC(=O)c2cccc([N+](=O)[O-])c2)[C@](OC)(C(C)(C)C=O)O1. The van der Waals surface area contributed by atoms with Crippen LogP contribution in [0, 0.1) is 15.5 Å². The van der Waals surface area contributed by atoms with Crippen LogP contribution in [0.2, 0.25) is 0 Å². The summed E-state index contributed by atoms with van der Waals surface area (Å²) >= 11 is 0. The van der Waals surface area contributed by atoms with Gasteiger partial charge in [0.1, 0.15) is 6.29 Å². The van der Waals surface area contributed by atoms with Gasteiger partial charge in [0.2, 0.25) is 5.79 Å². The normalized spacial score (nSPS) is 24.1. The molecule has 33 heavy (non-hydrogen) atoms. The Kier molecular flexibility index (Phi) is 8.23. The van der Waals surface area contributed by atoms with Crippen molar-refractivity contribution in [1.29, 1.82) is 0 Å². The molecule has 1 aromatic rings. The molecule has 1 aliphatic rings. The van der Waals surface area contributed by atoms with E-state index in [0.717, 1.165) is 6.07 Å². The summed E-state index contributed by atoms with van der Waals surface area (Å²) in [6.07, 6.45) is 2.04. The van der Waals surface area contributed by atoms with E-state index >= 15 is 0 Å². The van der Waals surface area contributed by atoms with Crippen molar-refractivity contribution in [2.24, 2.45) is 5.41 Å². The summed E-state index contributed by atoms with van der Waals surface area (Å²) in [5.74, 6) is -3.43. The van der Waals surface area contributed by atoms with Gasteiger partial charge in [-0.2, -0.15) is 0 Å². The van der Waals surface area contributed by atoms with Gasteiger partial charge >= 0.3 is 11.9 Å².